The molecule has 0 amide bonds. The molecule has 1 aliphatic heterocycles. The van der Waals surface area contributed by atoms with Gasteiger partial charge in [0.25, 0.3) is 0 Å². The third-order valence-electron chi connectivity index (χ3n) is 5.62. The van der Waals surface area contributed by atoms with Crippen molar-refractivity contribution in [3.63, 3.8) is 0 Å². The minimum absolute atomic E-state index is 0.971. The summed E-state index contributed by atoms with van der Waals surface area (Å²) in [7, 11) is 0. The number of aromatic nitrogens is 2. The summed E-state index contributed by atoms with van der Waals surface area (Å²) in [5.41, 5.74) is 6.55. The van der Waals surface area contributed by atoms with Gasteiger partial charge < -0.3 is 14.0 Å². The predicted octanol–water partition coefficient (Wildman–Crippen LogP) is 4.00. The Hall–Kier alpha value is -2.33. The van der Waals surface area contributed by atoms with Crippen molar-refractivity contribution >= 4 is 0 Å². The molecule has 1 fully saturated rings. The average molecular weight is 333 g/mol. The second-order valence-electron chi connectivity index (χ2n) is 7.16. The van der Waals surface area contributed by atoms with Crippen molar-refractivity contribution in [1.82, 2.24) is 14.6 Å². The predicted molar refractivity (Wildman–Crippen MR) is 98.4 cm³/mol. The Balaban J connectivity index is 1.57. The van der Waals surface area contributed by atoms with E-state index in [2.05, 4.69) is 51.2 Å². The molecule has 1 aromatic carbocycles. The molecule has 0 atom stereocenters. The van der Waals surface area contributed by atoms with E-state index < -0.39 is 0 Å². The minimum atomic E-state index is 0.971. The van der Waals surface area contributed by atoms with Crippen LogP contribution in [0.4, 0.5) is 0 Å². The van der Waals surface area contributed by atoms with Crippen molar-refractivity contribution in [1.29, 1.82) is 0 Å². The molecule has 25 heavy (non-hydrogen) atoms. The van der Waals surface area contributed by atoms with Gasteiger partial charge in [-0.1, -0.05) is 35.5 Å². The maximum atomic E-state index is 5.59. The van der Waals surface area contributed by atoms with Crippen molar-refractivity contribution < 1.29 is 4.52 Å². The van der Waals surface area contributed by atoms with Crippen LogP contribution in [-0.2, 0) is 19.4 Å². The number of hydrogen-bond acceptors (Lipinski definition) is 3. The molecule has 3 heterocycles. The van der Waals surface area contributed by atoms with E-state index in [0.717, 1.165) is 31.7 Å². The zero-order valence-electron chi connectivity index (χ0n) is 14.4. The van der Waals surface area contributed by atoms with Crippen LogP contribution in [0.2, 0.25) is 0 Å². The first-order valence-electron chi connectivity index (χ1n) is 9.34. The first-order chi connectivity index (χ1) is 12.4. The normalized spacial score (nSPS) is 16.8. The minimum Gasteiger partial charge on any atom is -0.356 e. The molecule has 2 aliphatic rings. The summed E-state index contributed by atoms with van der Waals surface area (Å²) in [4.78, 5) is 2.58. The molecule has 4 nitrogen and oxygen atoms in total. The third kappa shape index (κ3) is 2.61. The zero-order chi connectivity index (χ0) is 16.6. The molecule has 0 radical (unpaired) electrons. The molecule has 0 N–H and O–H groups in total. The van der Waals surface area contributed by atoms with E-state index >= 15 is 0 Å². The smallest absolute Gasteiger partial charge is 0.171 e. The van der Waals surface area contributed by atoms with E-state index in [1.807, 2.05) is 6.20 Å². The van der Waals surface area contributed by atoms with Crippen LogP contribution < -0.4 is 0 Å². The van der Waals surface area contributed by atoms with Gasteiger partial charge in [0.1, 0.15) is 0 Å². The topological polar surface area (TPSA) is 34.2 Å². The number of nitrogens with zero attached hydrogens (tertiary/aromatic N) is 3. The molecule has 0 spiro atoms. The number of benzene rings is 1. The Morgan fingerprint density at radius 2 is 1.84 bits per heavy atom. The summed E-state index contributed by atoms with van der Waals surface area (Å²) in [6, 6.07) is 10.8. The lowest BCUT2D eigenvalue weighted by Crippen LogP contribution is -2.24. The summed E-state index contributed by atoms with van der Waals surface area (Å²) in [6.45, 7) is 4.64. The van der Waals surface area contributed by atoms with Crippen molar-refractivity contribution in [2.45, 2.75) is 32.2 Å². The SMILES string of the molecule is c1ccc(-c2c3c(cn2CCN2CCCC2)-c2oncc2CC3)cc1. The van der Waals surface area contributed by atoms with Gasteiger partial charge >= 0.3 is 0 Å². The fourth-order valence-corrected chi connectivity index (χ4v) is 4.34. The van der Waals surface area contributed by atoms with E-state index in [4.69, 9.17) is 4.52 Å². The molecular formula is C21H23N3O. The molecule has 0 saturated carbocycles. The van der Waals surface area contributed by atoms with Crippen LogP contribution in [-0.4, -0.2) is 34.3 Å². The summed E-state index contributed by atoms with van der Waals surface area (Å²) in [5, 5.41) is 4.03. The van der Waals surface area contributed by atoms with Crippen LogP contribution >= 0.6 is 0 Å². The molecule has 2 aromatic heterocycles. The molecule has 128 valence electrons. The lowest BCUT2D eigenvalue weighted by atomic mass is 9.91. The fourth-order valence-electron chi connectivity index (χ4n) is 4.34. The highest BCUT2D eigenvalue weighted by Gasteiger charge is 2.27. The monoisotopic (exact) mass is 333 g/mol. The van der Waals surface area contributed by atoms with E-state index in [-0.39, 0.29) is 0 Å². The van der Waals surface area contributed by atoms with Gasteiger partial charge in [-0.05, 0) is 49.9 Å². The Morgan fingerprint density at radius 3 is 2.68 bits per heavy atom. The molecule has 3 aromatic rings. The van der Waals surface area contributed by atoms with E-state index in [1.54, 1.807) is 0 Å². The first-order valence-corrected chi connectivity index (χ1v) is 9.34. The van der Waals surface area contributed by atoms with Gasteiger partial charge in [0.15, 0.2) is 5.76 Å². The van der Waals surface area contributed by atoms with Gasteiger partial charge in [0.2, 0.25) is 0 Å². The van der Waals surface area contributed by atoms with E-state index in [0.29, 0.717) is 0 Å². The van der Waals surface area contributed by atoms with Crippen molar-refractivity contribution in [3.8, 4) is 22.6 Å². The van der Waals surface area contributed by atoms with Crippen LogP contribution in [0.15, 0.2) is 47.2 Å². The highest BCUT2D eigenvalue weighted by molar-refractivity contribution is 5.78. The maximum absolute atomic E-state index is 5.59. The Bertz CT molecular complexity index is 872. The second kappa shape index (κ2) is 6.19. The van der Waals surface area contributed by atoms with Gasteiger partial charge in [0.05, 0.1) is 11.9 Å². The van der Waals surface area contributed by atoms with Crippen molar-refractivity contribution in [3.05, 3.63) is 53.9 Å². The van der Waals surface area contributed by atoms with Crippen molar-refractivity contribution in [2.24, 2.45) is 0 Å². The molecular weight excluding hydrogens is 310 g/mol. The zero-order valence-corrected chi connectivity index (χ0v) is 14.4. The van der Waals surface area contributed by atoms with Crippen LogP contribution in [0.3, 0.4) is 0 Å². The van der Waals surface area contributed by atoms with E-state index in [1.165, 1.54) is 53.9 Å². The molecule has 5 rings (SSSR count). The van der Waals surface area contributed by atoms with Crippen LogP contribution in [0, 0.1) is 0 Å². The van der Waals surface area contributed by atoms with Crippen LogP contribution in [0.1, 0.15) is 24.0 Å². The molecule has 1 saturated heterocycles. The van der Waals surface area contributed by atoms with E-state index in [9.17, 15) is 0 Å². The van der Waals surface area contributed by atoms with Gasteiger partial charge in [-0.3, -0.25) is 0 Å². The number of hydrogen-bond donors (Lipinski definition) is 0. The largest absolute Gasteiger partial charge is 0.356 e. The average Bonchev–Trinajstić information content (AvgIpc) is 3.38. The maximum Gasteiger partial charge on any atom is 0.171 e. The highest BCUT2D eigenvalue weighted by atomic mass is 16.5. The Morgan fingerprint density at radius 1 is 1.00 bits per heavy atom. The van der Waals surface area contributed by atoms with Gasteiger partial charge in [-0.25, -0.2) is 0 Å². The number of aryl methyl sites for hydroxylation is 1. The number of rotatable bonds is 4. The lowest BCUT2D eigenvalue weighted by molar-refractivity contribution is 0.323. The molecule has 1 aliphatic carbocycles. The summed E-state index contributed by atoms with van der Waals surface area (Å²) >= 11 is 0. The van der Waals surface area contributed by atoms with Gasteiger partial charge in [-0.15, -0.1) is 0 Å². The van der Waals surface area contributed by atoms with Gasteiger partial charge in [-0.2, -0.15) is 0 Å². The second-order valence-corrected chi connectivity index (χ2v) is 7.16. The highest BCUT2D eigenvalue weighted by Crippen LogP contribution is 2.40. The molecule has 0 unspecified atom stereocenters. The van der Waals surface area contributed by atoms with Crippen LogP contribution in [0.25, 0.3) is 22.6 Å². The number of fused-ring (bicyclic) bond motifs is 3. The van der Waals surface area contributed by atoms with Crippen LogP contribution in [0.5, 0.6) is 0 Å². The Labute approximate surface area is 148 Å². The summed E-state index contributed by atoms with van der Waals surface area (Å²) in [6.07, 6.45) is 8.93. The number of likely N-dealkylation sites (tertiary alicyclic amines) is 1. The first kappa shape index (κ1) is 15.0. The summed E-state index contributed by atoms with van der Waals surface area (Å²) in [5.74, 6) is 0.971. The van der Waals surface area contributed by atoms with Crippen molar-refractivity contribution in [2.75, 3.05) is 19.6 Å². The fraction of sp³-hybridized carbons (Fsp3) is 0.381. The molecule has 0 bridgehead atoms. The lowest BCUT2D eigenvalue weighted by Gasteiger charge is -2.17. The third-order valence-corrected chi connectivity index (χ3v) is 5.62. The Kier molecular flexibility index (Phi) is 3.71. The standard InChI is InChI=1S/C21H23N3O/c1-2-6-16(7-3-1)20-18-9-8-17-14-22-25-21(17)19(18)15-24(20)13-12-23-10-4-5-11-23/h1-3,6-7,14-15H,4-5,8-13H2. The van der Waals surface area contributed by atoms with Gasteiger partial charge in [0, 0.05) is 30.4 Å². The quantitative estimate of drug-likeness (QED) is 0.723. The summed E-state index contributed by atoms with van der Waals surface area (Å²) < 4.78 is 8.03. The molecule has 4 heteroatoms.